The van der Waals surface area contributed by atoms with Crippen LogP contribution in [-0.4, -0.2) is 43.6 Å². The molecule has 2 amide bonds. The highest BCUT2D eigenvalue weighted by Crippen LogP contribution is 2.36. The molecular formula is C20H17F6N7O2. The maximum Gasteiger partial charge on any atom is 0.416 e. The normalized spacial score (nSPS) is 12.8. The molecule has 0 saturated heterocycles. The molecule has 3 aromatic rings. The van der Waals surface area contributed by atoms with Crippen molar-refractivity contribution < 1.29 is 35.9 Å². The van der Waals surface area contributed by atoms with E-state index in [1.54, 1.807) is 0 Å². The van der Waals surface area contributed by atoms with Crippen LogP contribution in [0.15, 0.2) is 30.6 Å². The lowest BCUT2D eigenvalue weighted by atomic mass is 10.0. The molecule has 0 bridgehead atoms. The van der Waals surface area contributed by atoms with Gasteiger partial charge < -0.3 is 10.6 Å². The number of carbonyl (C=O) groups excluding carboxylic acids is 2. The van der Waals surface area contributed by atoms with Gasteiger partial charge in [-0.25, -0.2) is 15.0 Å². The average molecular weight is 501 g/mol. The lowest BCUT2D eigenvalue weighted by Gasteiger charge is -2.17. The van der Waals surface area contributed by atoms with E-state index in [4.69, 9.17) is 0 Å². The molecular weight excluding hydrogens is 484 g/mol. The minimum Gasteiger partial charge on any atom is -0.354 e. The van der Waals surface area contributed by atoms with Gasteiger partial charge >= 0.3 is 12.4 Å². The van der Waals surface area contributed by atoms with Crippen molar-refractivity contribution in [2.24, 2.45) is 0 Å². The van der Waals surface area contributed by atoms with Gasteiger partial charge in [-0.1, -0.05) is 0 Å². The first-order valence-corrected chi connectivity index (χ1v) is 9.79. The predicted octanol–water partition coefficient (Wildman–Crippen LogP) is 3.25. The van der Waals surface area contributed by atoms with Gasteiger partial charge in [0.2, 0.25) is 0 Å². The molecule has 0 aliphatic rings. The number of nitrogens with one attached hydrogen (secondary N) is 2. The summed E-state index contributed by atoms with van der Waals surface area (Å²) in [5.74, 6) is -1.27. The lowest BCUT2D eigenvalue weighted by Crippen LogP contribution is -2.29. The van der Waals surface area contributed by atoms with Crippen LogP contribution in [0, 0.1) is 6.92 Å². The number of amides is 2. The van der Waals surface area contributed by atoms with Crippen molar-refractivity contribution in [1.82, 2.24) is 35.4 Å². The Hall–Kier alpha value is -4.04. The first-order chi connectivity index (χ1) is 16.2. The van der Waals surface area contributed by atoms with Crippen LogP contribution >= 0.6 is 0 Å². The molecule has 186 valence electrons. The van der Waals surface area contributed by atoms with Crippen molar-refractivity contribution >= 4 is 11.8 Å². The molecule has 35 heavy (non-hydrogen) atoms. The number of nitrogens with zero attached hydrogens (tertiary/aromatic N) is 5. The highest BCUT2D eigenvalue weighted by Gasteiger charge is 2.37. The van der Waals surface area contributed by atoms with Crippen LogP contribution in [0.4, 0.5) is 26.3 Å². The minimum absolute atomic E-state index is 0.0148. The van der Waals surface area contributed by atoms with Gasteiger partial charge in [0.15, 0.2) is 11.6 Å². The predicted molar refractivity (Wildman–Crippen MR) is 107 cm³/mol. The van der Waals surface area contributed by atoms with Gasteiger partial charge in [0.05, 0.1) is 29.6 Å². The van der Waals surface area contributed by atoms with Crippen LogP contribution in [0.1, 0.15) is 56.6 Å². The van der Waals surface area contributed by atoms with Crippen molar-refractivity contribution in [3.63, 3.8) is 0 Å². The van der Waals surface area contributed by atoms with Crippen LogP contribution in [0.5, 0.6) is 0 Å². The fourth-order valence-electron chi connectivity index (χ4n) is 2.99. The first kappa shape index (κ1) is 25.6. The largest absolute Gasteiger partial charge is 0.416 e. The SMILES string of the molecule is CNC(=O)c1cnc(-n2nc(C)nc2[C@H](C)NC(=O)c2cc(C(F)(F)F)cc(C(F)(F)F)c2)cn1. The van der Waals surface area contributed by atoms with E-state index in [-0.39, 0.29) is 29.2 Å². The highest BCUT2D eigenvalue weighted by atomic mass is 19.4. The molecule has 15 heteroatoms. The molecule has 0 radical (unpaired) electrons. The van der Waals surface area contributed by atoms with Gasteiger partial charge in [-0.15, -0.1) is 5.10 Å². The molecule has 0 unspecified atom stereocenters. The minimum atomic E-state index is -5.10. The zero-order valence-electron chi connectivity index (χ0n) is 18.3. The molecule has 1 aromatic carbocycles. The summed E-state index contributed by atoms with van der Waals surface area (Å²) in [6.45, 7) is 2.92. The van der Waals surface area contributed by atoms with Crippen LogP contribution in [0.25, 0.3) is 5.82 Å². The van der Waals surface area contributed by atoms with Gasteiger partial charge in [0, 0.05) is 12.6 Å². The number of rotatable bonds is 5. The number of hydrogen-bond donors (Lipinski definition) is 2. The van der Waals surface area contributed by atoms with E-state index in [1.807, 2.05) is 0 Å². The first-order valence-electron chi connectivity index (χ1n) is 9.79. The second-order valence-electron chi connectivity index (χ2n) is 7.26. The fraction of sp³-hybridized carbons (Fsp3) is 0.300. The smallest absolute Gasteiger partial charge is 0.354 e. The Morgan fingerprint density at radius 1 is 0.943 bits per heavy atom. The summed E-state index contributed by atoms with van der Waals surface area (Å²) in [6, 6.07) is -0.429. The van der Waals surface area contributed by atoms with Gasteiger partial charge in [-0.2, -0.15) is 31.0 Å². The van der Waals surface area contributed by atoms with Crippen molar-refractivity contribution in [1.29, 1.82) is 0 Å². The quantitative estimate of drug-likeness (QED) is 0.519. The molecule has 0 aliphatic carbocycles. The van der Waals surface area contributed by atoms with E-state index in [9.17, 15) is 35.9 Å². The Morgan fingerprint density at radius 3 is 2.03 bits per heavy atom. The number of aryl methyl sites for hydroxylation is 1. The average Bonchev–Trinajstić information content (AvgIpc) is 3.19. The maximum absolute atomic E-state index is 13.1. The summed E-state index contributed by atoms with van der Waals surface area (Å²) < 4.78 is 79.9. The van der Waals surface area contributed by atoms with E-state index in [0.29, 0.717) is 12.1 Å². The van der Waals surface area contributed by atoms with Gasteiger partial charge in [0.1, 0.15) is 11.5 Å². The Balaban J connectivity index is 1.92. The third kappa shape index (κ3) is 5.73. The maximum atomic E-state index is 13.1. The monoisotopic (exact) mass is 501 g/mol. The summed E-state index contributed by atoms with van der Waals surface area (Å²) in [5.41, 5.74) is -4.05. The standard InChI is InChI=1S/C20H17F6N7O2/c1-9(16-31-10(2)32-33(16)15-8-28-14(7-29-15)18(35)27-3)30-17(34)11-4-12(19(21,22)23)6-13(5-11)20(24,25)26/h4-9H,1-3H3,(H,27,35)(H,30,34)/t9-/m0/s1. The second-order valence-corrected chi connectivity index (χ2v) is 7.26. The molecule has 2 N–H and O–H groups in total. The summed E-state index contributed by atoms with van der Waals surface area (Å²) in [5, 5.41) is 8.82. The molecule has 0 saturated carbocycles. The van der Waals surface area contributed by atoms with Gasteiger partial charge in [-0.05, 0) is 32.0 Å². The molecule has 0 spiro atoms. The zero-order valence-corrected chi connectivity index (χ0v) is 18.3. The summed E-state index contributed by atoms with van der Waals surface area (Å²) in [6.07, 6.45) is -7.82. The van der Waals surface area contributed by atoms with E-state index in [1.165, 1.54) is 38.0 Å². The summed E-state index contributed by atoms with van der Waals surface area (Å²) >= 11 is 0. The van der Waals surface area contributed by atoms with Crippen molar-refractivity contribution in [2.45, 2.75) is 32.2 Å². The highest BCUT2D eigenvalue weighted by molar-refractivity contribution is 5.95. The molecule has 9 nitrogen and oxygen atoms in total. The molecule has 0 fully saturated rings. The molecule has 0 aliphatic heterocycles. The summed E-state index contributed by atoms with van der Waals surface area (Å²) in [7, 11) is 1.41. The number of carbonyl (C=O) groups is 2. The van der Waals surface area contributed by atoms with Crippen LogP contribution in [0.3, 0.4) is 0 Å². The van der Waals surface area contributed by atoms with Crippen LogP contribution < -0.4 is 10.6 Å². The van der Waals surface area contributed by atoms with Crippen molar-refractivity contribution in [3.05, 3.63) is 64.6 Å². The third-order valence-electron chi connectivity index (χ3n) is 4.64. The number of hydrogen-bond acceptors (Lipinski definition) is 6. The second kappa shape index (κ2) is 9.31. The van der Waals surface area contributed by atoms with E-state index >= 15 is 0 Å². The number of alkyl halides is 6. The van der Waals surface area contributed by atoms with Crippen molar-refractivity contribution in [2.75, 3.05) is 7.05 Å². The zero-order chi connectivity index (χ0) is 26.1. The summed E-state index contributed by atoms with van der Waals surface area (Å²) in [4.78, 5) is 36.4. The topological polar surface area (TPSA) is 115 Å². The Morgan fingerprint density at radius 2 is 1.54 bits per heavy atom. The van der Waals surface area contributed by atoms with E-state index in [0.717, 1.165) is 0 Å². The third-order valence-corrected chi connectivity index (χ3v) is 4.64. The molecule has 2 heterocycles. The van der Waals surface area contributed by atoms with E-state index in [2.05, 4.69) is 30.7 Å². The number of aromatic nitrogens is 5. The number of halogens is 6. The Kier molecular flexibility index (Phi) is 6.80. The Bertz CT molecular complexity index is 1220. The van der Waals surface area contributed by atoms with Crippen molar-refractivity contribution in [3.8, 4) is 5.82 Å². The Labute approximate surface area is 193 Å². The fourth-order valence-corrected chi connectivity index (χ4v) is 2.99. The van der Waals surface area contributed by atoms with Crippen LogP contribution in [0.2, 0.25) is 0 Å². The van der Waals surface area contributed by atoms with E-state index < -0.39 is 46.9 Å². The van der Waals surface area contributed by atoms with Gasteiger partial charge in [-0.3, -0.25) is 9.59 Å². The molecule has 1 atom stereocenters. The number of benzene rings is 1. The molecule has 3 rings (SSSR count). The molecule has 2 aromatic heterocycles. The van der Waals surface area contributed by atoms with Crippen LogP contribution in [-0.2, 0) is 12.4 Å². The van der Waals surface area contributed by atoms with Gasteiger partial charge in [0.25, 0.3) is 11.8 Å². The lowest BCUT2D eigenvalue weighted by molar-refractivity contribution is -0.143.